The zero-order chi connectivity index (χ0) is 28.3. The number of alkyl halides is 1. The average Bonchev–Trinajstić information content (AvgIpc) is 3.65. The van der Waals surface area contributed by atoms with E-state index >= 15 is 0 Å². The molecule has 0 aliphatic carbocycles. The van der Waals surface area contributed by atoms with Crippen LogP contribution in [0.3, 0.4) is 0 Å². The van der Waals surface area contributed by atoms with Gasteiger partial charge in [0.25, 0.3) is 0 Å². The van der Waals surface area contributed by atoms with Crippen molar-refractivity contribution in [1.82, 2.24) is 20.4 Å². The van der Waals surface area contributed by atoms with Gasteiger partial charge in [0.1, 0.15) is 11.5 Å². The molecule has 1 aliphatic rings. The highest BCUT2D eigenvalue weighted by Crippen LogP contribution is 2.31. The zero-order valence-electron chi connectivity index (χ0n) is 21.8. The maximum atomic E-state index is 15.0. The normalized spacial score (nSPS) is 15.9. The van der Waals surface area contributed by atoms with Gasteiger partial charge in [-0.05, 0) is 49.6 Å². The molecule has 1 unspecified atom stereocenters. The number of aromatic nitrogens is 3. The number of benzene rings is 2. The Balaban J connectivity index is 0.00000387. The molecule has 0 radical (unpaired) electrons. The van der Waals surface area contributed by atoms with Crippen molar-refractivity contribution in [2.75, 3.05) is 25.6 Å². The van der Waals surface area contributed by atoms with Gasteiger partial charge in [-0.15, -0.1) is 0 Å². The summed E-state index contributed by atoms with van der Waals surface area (Å²) in [7, 11) is -3.65. The minimum atomic E-state index is -3.65. The van der Waals surface area contributed by atoms with Crippen LogP contribution < -0.4 is 11.1 Å². The van der Waals surface area contributed by atoms with E-state index in [4.69, 9.17) is 15.0 Å². The standard InChI is InChI=1S/C28H29F2N5O4S.CH4/c1-17(8-10-29)40(36,37)21-5-3-19(4-6-21)25-15-33-28(31)27(34-25)26-13-24(35-39-26)22-7-2-18(12-23(22)30)14-32-20-9-11-38-16-20;/h2-7,12-13,15,17,20,32H,8-11,14,16H2,1H3,(H2,31,33);1H4/t17?,20-;/m0./s1. The Kier molecular flexibility index (Phi) is 9.46. The van der Waals surface area contributed by atoms with E-state index < -0.39 is 27.6 Å². The van der Waals surface area contributed by atoms with Crippen LogP contribution in [0.1, 0.15) is 32.8 Å². The van der Waals surface area contributed by atoms with Gasteiger partial charge >= 0.3 is 0 Å². The fourth-order valence-corrected chi connectivity index (χ4v) is 5.80. The van der Waals surface area contributed by atoms with Crippen LogP contribution in [0.5, 0.6) is 0 Å². The molecule has 3 N–H and O–H groups in total. The SMILES string of the molecule is C.CC(CCF)S(=O)(=O)c1ccc(-c2cnc(N)c(-c3cc(-c4ccc(CN[C@H]5CCOC5)cc4F)no3)n2)cc1. The van der Waals surface area contributed by atoms with Crippen molar-refractivity contribution in [3.05, 3.63) is 66.1 Å². The van der Waals surface area contributed by atoms with Crippen LogP contribution in [-0.2, 0) is 21.1 Å². The molecule has 0 spiro atoms. The first-order valence-electron chi connectivity index (χ1n) is 12.9. The number of halogens is 2. The van der Waals surface area contributed by atoms with E-state index in [1.807, 2.05) is 6.07 Å². The van der Waals surface area contributed by atoms with Crippen LogP contribution in [0.25, 0.3) is 34.0 Å². The van der Waals surface area contributed by atoms with E-state index in [1.54, 1.807) is 18.2 Å². The zero-order valence-corrected chi connectivity index (χ0v) is 22.6. The molecule has 3 heterocycles. The number of nitrogen functional groups attached to an aromatic ring is 1. The number of nitrogens with one attached hydrogen (secondary N) is 1. The molecule has 1 saturated heterocycles. The van der Waals surface area contributed by atoms with Gasteiger partial charge in [0.05, 0.1) is 35.3 Å². The summed E-state index contributed by atoms with van der Waals surface area (Å²) >= 11 is 0. The number of anilines is 1. The van der Waals surface area contributed by atoms with E-state index in [9.17, 15) is 17.2 Å². The average molecular weight is 586 g/mol. The van der Waals surface area contributed by atoms with Crippen LogP contribution in [-0.4, -0.2) is 54.7 Å². The molecule has 218 valence electrons. The molecular formula is C29H33F2N5O4S. The molecule has 41 heavy (non-hydrogen) atoms. The number of nitrogens with zero attached hydrogens (tertiary/aromatic N) is 3. The summed E-state index contributed by atoms with van der Waals surface area (Å²) in [6.07, 6.45) is 2.32. The molecule has 5 rings (SSSR count). The Morgan fingerprint density at radius 2 is 1.93 bits per heavy atom. The molecule has 0 saturated carbocycles. The minimum absolute atomic E-state index is 0. The van der Waals surface area contributed by atoms with E-state index in [0.717, 1.165) is 18.6 Å². The summed E-state index contributed by atoms with van der Waals surface area (Å²) in [5, 5.41) is 6.53. The van der Waals surface area contributed by atoms with Crippen molar-refractivity contribution in [2.45, 2.75) is 49.9 Å². The van der Waals surface area contributed by atoms with E-state index in [-0.39, 0.29) is 53.3 Å². The number of sulfone groups is 1. The van der Waals surface area contributed by atoms with Crippen molar-refractivity contribution >= 4 is 15.7 Å². The lowest BCUT2D eigenvalue weighted by atomic mass is 10.1. The number of nitrogens with two attached hydrogens (primary N) is 1. The van der Waals surface area contributed by atoms with Crippen molar-refractivity contribution in [3.63, 3.8) is 0 Å². The highest BCUT2D eigenvalue weighted by molar-refractivity contribution is 7.92. The Morgan fingerprint density at radius 3 is 2.61 bits per heavy atom. The molecule has 0 bridgehead atoms. The van der Waals surface area contributed by atoms with Crippen LogP contribution in [0, 0.1) is 5.82 Å². The number of hydrogen-bond donors (Lipinski definition) is 2. The molecule has 9 nitrogen and oxygen atoms in total. The van der Waals surface area contributed by atoms with Crippen molar-refractivity contribution in [1.29, 1.82) is 0 Å². The van der Waals surface area contributed by atoms with Gasteiger partial charge in [0.15, 0.2) is 27.1 Å². The first-order chi connectivity index (χ1) is 19.3. The lowest BCUT2D eigenvalue weighted by Crippen LogP contribution is -2.28. The Hall–Kier alpha value is -3.74. The maximum absolute atomic E-state index is 15.0. The first kappa shape index (κ1) is 30.2. The first-order valence-corrected chi connectivity index (χ1v) is 14.4. The molecule has 1 aliphatic heterocycles. The molecule has 0 amide bonds. The summed E-state index contributed by atoms with van der Waals surface area (Å²) < 4.78 is 63.7. The van der Waals surface area contributed by atoms with Crippen molar-refractivity contribution in [3.8, 4) is 34.0 Å². The number of ether oxygens (including phenoxy) is 1. The van der Waals surface area contributed by atoms with Gasteiger partial charge in [-0.25, -0.2) is 22.8 Å². The summed E-state index contributed by atoms with van der Waals surface area (Å²) in [6, 6.07) is 12.8. The lowest BCUT2D eigenvalue weighted by molar-refractivity contribution is 0.190. The maximum Gasteiger partial charge on any atom is 0.189 e. The fraction of sp³-hybridized carbons (Fsp3) is 0.345. The third-order valence-corrected chi connectivity index (χ3v) is 9.13. The molecule has 1 fully saturated rings. The van der Waals surface area contributed by atoms with Gasteiger partial charge in [-0.2, -0.15) is 0 Å². The lowest BCUT2D eigenvalue weighted by Gasteiger charge is -2.12. The molecule has 2 aromatic heterocycles. The number of rotatable bonds is 10. The third kappa shape index (κ3) is 6.61. The van der Waals surface area contributed by atoms with E-state index in [0.29, 0.717) is 24.4 Å². The highest BCUT2D eigenvalue weighted by atomic mass is 32.2. The quantitative estimate of drug-likeness (QED) is 0.257. The van der Waals surface area contributed by atoms with Gasteiger partial charge in [0, 0.05) is 36.4 Å². The second-order valence-corrected chi connectivity index (χ2v) is 12.0. The molecule has 2 atom stereocenters. The van der Waals surface area contributed by atoms with Gasteiger partial charge in [0.2, 0.25) is 0 Å². The summed E-state index contributed by atoms with van der Waals surface area (Å²) in [5.41, 5.74) is 8.63. The largest absolute Gasteiger partial charge is 0.382 e. The van der Waals surface area contributed by atoms with Crippen molar-refractivity contribution in [2.24, 2.45) is 0 Å². The monoisotopic (exact) mass is 585 g/mol. The molecule has 2 aromatic carbocycles. The van der Waals surface area contributed by atoms with Gasteiger partial charge < -0.3 is 20.3 Å². The third-order valence-electron chi connectivity index (χ3n) is 6.90. The van der Waals surface area contributed by atoms with Crippen LogP contribution in [0.15, 0.2) is 64.1 Å². The van der Waals surface area contributed by atoms with Crippen LogP contribution in [0.2, 0.25) is 0 Å². The predicted octanol–water partition coefficient (Wildman–Crippen LogP) is 5.22. The van der Waals surface area contributed by atoms with Crippen LogP contribution in [0.4, 0.5) is 14.6 Å². The summed E-state index contributed by atoms with van der Waals surface area (Å²) in [4.78, 5) is 8.83. The second-order valence-electron chi connectivity index (χ2n) is 9.68. The molecular weight excluding hydrogens is 552 g/mol. The minimum Gasteiger partial charge on any atom is -0.382 e. The Bertz CT molecular complexity index is 1590. The van der Waals surface area contributed by atoms with Gasteiger partial charge in [-0.3, -0.25) is 4.39 Å². The summed E-state index contributed by atoms with van der Waals surface area (Å²) in [5.74, 6) is -0.151. The van der Waals surface area contributed by atoms with E-state index in [1.165, 1.54) is 37.4 Å². The molecule has 12 heteroatoms. The second kappa shape index (κ2) is 12.8. The highest BCUT2D eigenvalue weighted by Gasteiger charge is 2.23. The topological polar surface area (TPSA) is 133 Å². The Labute approximate surface area is 238 Å². The number of hydrogen-bond acceptors (Lipinski definition) is 9. The fourth-order valence-electron chi connectivity index (χ4n) is 4.42. The predicted molar refractivity (Wildman–Crippen MR) is 153 cm³/mol. The van der Waals surface area contributed by atoms with Gasteiger partial charge in [-0.1, -0.05) is 30.8 Å². The smallest absolute Gasteiger partial charge is 0.189 e. The van der Waals surface area contributed by atoms with Crippen molar-refractivity contribution < 1.29 is 26.5 Å². The van der Waals surface area contributed by atoms with E-state index in [2.05, 4.69) is 20.4 Å². The van der Waals surface area contributed by atoms with Crippen LogP contribution >= 0.6 is 0 Å². The molecule has 4 aromatic rings. The summed E-state index contributed by atoms with van der Waals surface area (Å²) in [6.45, 7) is 2.69. The Morgan fingerprint density at radius 1 is 1.15 bits per heavy atom.